The van der Waals surface area contributed by atoms with Gasteiger partial charge in [-0.1, -0.05) is 26.0 Å². The molecule has 0 aliphatic rings. The van der Waals surface area contributed by atoms with Crippen molar-refractivity contribution in [2.24, 2.45) is 0 Å². The first-order chi connectivity index (χ1) is 9.21. The van der Waals surface area contributed by atoms with Crippen LogP contribution in [0.25, 0.3) is 0 Å². The van der Waals surface area contributed by atoms with Crippen LogP contribution in [-0.4, -0.2) is 25.0 Å². The van der Waals surface area contributed by atoms with Crippen molar-refractivity contribution in [3.63, 3.8) is 0 Å². The maximum atomic E-state index is 12.1. The lowest BCUT2D eigenvalue weighted by molar-refractivity contribution is 0.0697. The summed E-state index contributed by atoms with van der Waals surface area (Å²) in [6, 6.07) is 5.87. The molecular weight excluding hydrogens is 278 g/mol. The Morgan fingerprint density at radius 1 is 1.20 bits per heavy atom. The molecule has 20 heavy (non-hydrogen) atoms. The highest BCUT2D eigenvalue weighted by Crippen LogP contribution is 2.17. The highest BCUT2D eigenvalue weighted by Gasteiger charge is 2.26. The van der Waals surface area contributed by atoms with E-state index in [1.807, 2.05) is 20.8 Å². The average Bonchev–Trinajstić information content (AvgIpc) is 2.38. The third kappa shape index (κ3) is 4.61. The number of carbonyl (C=O) groups is 1. The van der Waals surface area contributed by atoms with Gasteiger partial charge in [-0.15, -0.1) is 0 Å². The highest BCUT2D eigenvalue weighted by atomic mass is 32.2. The Labute approximate surface area is 120 Å². The summed E-state index contributed by atoms with van der Waals surface area (Å²) in [7, 11) is -3.45. The molecule has 0 fully saturated rings. The zero-order chi connectivity index (χ0) is 15.4. The Morgan fingerprint density at radius 2 is 1.70 bits per heavy atom. The molecule has 0 aromatic heterocycles. The van der Waals surface area contributed by atoms with Crippen LogP contribution in [0, 0.1) is 0 Å². The molecule has 1 rings (SSSR count). The highest BCUT2D eigenvalue weighted by molar-refractivity contribution is 7.88. The van der Waals surface area contributed by atoms with Gasteiger partial charge in [0.25, 0.3) is 0 Å². The molecule has 0 saturated carbocycles. The van der Waals surface area contributed by atoms with Gasteiger partial charge >= 0.3 is 5.97 Å². The molecule has 0 unspecified atom stereocenters. The van der Waals surface area contributed by atoms with E-state index in [0.29, 0.717) is 18.4 Å². The van der Waals surface area contributed by atoms with Crippen molar-refractivity contribution in [3.05, 3.63) is 35.4 Å². The van der Waals surface area contributed by atoms with E-state index in [-0.39, 0.29) is 11.3 Å². The fraction of sp³-hybridized carbons (Fsp3) is 0.500. The van der Waals surface area contributed by atoms with Crippen molar-refractivity contribution in [1.82, 2.24) is 4.72 Å². The minimum absolute atomic E-state index is 0.145. The maximum absolute atomic E-state index is 12.1. The molecular formula is C14H21NO4S. The summed E-state index contributed by atoms with van der Waals surface area (Å²) >= 11 is 0. The van der Waals surface area contributed by atoms with Gasteiger partial charge in [-0.3, -0.25) is 0 Å². The molecule has 1 aromatic carbocycles. The summed E-state index contributed by atoms with van der Waals surface area (Å²) in [5, 5.41) is 8.79. The minimum atomic E-state index is -3.45. The zero-order valence-electron chi connectivity index (χ0n) is 12.0. The lowest BCUT2D eigenvalue weighted by Crippen LogP contribution is -2.45. The second-order valence-corrected chi connectivity index (χ2v) is 6.85. The monoisotopic (exact) mass is 299 g/mol. The number of carboxylic acids is 1. The van der Waals surface area contributed by atoms with Crippen molar-refractivity contribution in [2.45, 2.75) is 44.9 Å². The van der Waals surface area contributed by atoms with Crippen LogP contribution in [0.1, 0.15) is 49.5 Å². The number of rotatable bonds is 7. The predicted molar refractivity (Wildman–Crippen MR) is 78.1 cm³/mol. The molecule has 112 valence electrons. The van der Waals surface area contributed by atoms with E-state index < -0.39 is 21.5 Å². The Hall–Kier alpha value is -1.40. The van der Waals surface area contributed by atoms with Gasteiger partial charge < -0.3 is 5.11 Å². The zero-order valence-corrected chi connectivity index (χ0v) is 12.8. The van der Waals surface area contributed by atoms with Crippen LogP contribution < -0.4 is 4.72 Å². The topological polar surface area (TPSA) is 83.5 Å². The number of nitrogens with one attached hydrogen (secondary N) is 1. The molecule has 0 radical (unpaired) electrons. The van der Waals surface area contributed by atoms with E-state index in [2.05, 4.69) is 4.72 Å². The Balaban J connectivity index is 2.83. The lowest BCUT2D eigenvalue weighted by Gasteiger charge is -2.27. The third-order valence-electron chi connectivity index (χ3n) is 3.52. The summed E-state index contributed by atoms with van der Waals surface area (Å²) < 4.78 is 27.0. The fourth-order valence-corrected chi connectivity index (χ4v) is 3.51. The summed E-state index contributed by atoms with van der Waals surface area (Å²) in [4.78, 5) is 10.7. The van der Waals surface area contributed by atoms with Gasteiger partial charge in [0.05, 0.1) is 11.3 Å². The molecule has 0 spiro atoms. The number of hydrogen-bond donors (Lipinski definition) is 2. The van der Waals surface area contributed by atoms with E-state index >= 15 is 0 Å². The third-order valence-corrected chi connectivity index (χ3v) is 5.04. The second kappa shape index (κ2) is 6.37. The van der Waals surface area contributed by atoms with Crippen LogP contribution in [-0.2, 0) is 15.8 Å². The molecule has 2 N–H and O–H groups in total. The second-order valence-electron chi connectivity index (χ2n) is 5.13. The van der Waals surface area contributed by atoms with Crippen molar-refractivity contribution >= 4 is 16.0 Å². The lowest BCUT2D eigenvalue weighted by atomic mass is 9.98. The average molecular weight is 299 g/mol. The predicted octanol–water partition coefficient (Wildman–Crippen LogP) is 2.38. The quantitative estimate of drug-likeness (QED) is 0.809. The van der Waals surface area contributed by atoms with Gasteiger partial charge in [0.15, 0.2) is 0 Å². The van der Waals surface area contributed by atoms with E-state index in [0.717, 1.165) is 0 Å². The first kappa shape index (κ1) is 16.7. The van der Waals surface area contributed by atoms with Crippen LogP contribution in [0.15, 0.2) is 24.3 Å². The summed E-state index contributed by atoms with van der Waals surface area (Å²) in [6.45, 7) is 5.75. The summed E-state index contributed by atoms with van der Waals surface area (Å²) in [6.07, 6.45) is 1.42. The fourth-order valence-electron chi connectivity index (χ4n) is 1.77. The maximum Gasteiger partial charge on any atom is 0.335 e. The normalized spacial score (nSPS) is 12.3. The summed E-state index contributed by atoms with van der Waals surface area (Å²) in [5.41, 5.74) is 0.267. The van der Waals surface area contributed by atoms with Gasteiger partial charge in [-0.2, -0.15) is 0 Å². The van der Waals surface area contributed by atoms with Crippen LogP contribution >= 0.6 is 0 Å². The number of aromatic carboxylic acids is 1. The van der Waals surface area contributed by atoms with E-state index in [1.165, 1.54) is 24.3 Å². The standard InChI is InChI=1S/C14H21NO4S/c1-4-14(3,5-2)15-20(18,19)10-11-6-8-12(9-7-11)13(16)17/h6-9,15H,4-5,10H2,1-3H3,(H,16,17). The number of sulfonamides is 1. The van der Waals surface area contributed by atoms with Crippen LogP contribution in [0.3, 0.4) is 0 Å². The molecule has 1 aromatic rings. The summed E-state index contributed by atoms with van der Waals surface area (Å²) in [5.74, 6) is -1.18. The Bertz CT molecular complexity index is 559. The molecule has 5 nitrogen and oxygen atoms in total. The van der Waals surface area contributed by atoms with Gasteiger partial charge in [0, 0.05) is 5.54 Å². The Morgan fingerprint density at radius 3 is 2.10 bits per heavy atom. The van der Waals surface area contributed by atoms with Crippen LogP contribution in [0.2, 0.25) is 0 Å². The molecule has 0 amide bonds. The number of hydrogen-bond acceptors (Lipinski definition) is 3. The van der Waals surface area contributed by atoms with E-state index in [9.17, 15) is 13.2 Å². The molecule has 0 atom stereocenters. The van der Waals surface area contributed by atoms with Crippen molar-refractivity contribution in [2.75, 3.05) is 0 Å². The van der Waals surface area contributed by atoms with Gasteiger partial charge in [0.1, 0.15) is 0 Å². The number of carboxylic acid groups (broad SMARTS) is 1. The first-order valence-electron chi connectivity index (χ1n) is 6.55. The van der Waals surface area contributed by atoms with Crippen LogP contribution in [0.4, 0.5) is 0 Å². The van der Waals surface area contributed by atoms with Gasteiger partial charge in [-0.25, -0.2) is 17.9 Å². The van der Waals surface area contributed by atoms with Gasteiger partial charge in [0.2, 0.25) is 10.0 Å². The minimum Gasteiger partial charge on any atom is -0.478 e. The van der Waals surface area contributed by atoms with Crippen LogP contribution in [0.5, 0.6) is 0 Å². The van der Waals surface area contributed by atoms with E-state index in [4.69, 9.17) is 5.11 Å². The smallest absolute Gasteiger partial charge is 0.335 e. The van der Waals surface area contributed by atoms with E-state index in [1.54, 1.807) is 0 Å². The Kier molecular flexibility index (Phi) is 5.30. The largest absolute Gasteiger partial charge is 0.478 e. The van der Waals surface area contributed by atoms with Gasteiger partial charge in [-0.05, 0) is 37.5 Å². The molecule has 0 aliphatic carbocycles. The SMILES string of the molecule is CCC(C)(CC)NS(=O)(=O)Cc1ccc(C(=O)O)cc1. The number of benzene rings is 1. The van der Waals surface area contributed by atoms with Crippen molar-refractivity contribution < 1.29 is 18.3 Å². The molecule has 0 saturated heterocycles. The molecule has 0 aliphatic heterocycles. The van der Waals surface area contributed by atoms with Crippen molar-refractivity contribution in [1.29, 1.82) is 0 Å². The first-order valence-corrected chi connectivity index (χ1v) is 8.20. The molecule has 0 heterocycles. The van der Waals surface area contributed by atoms with Crippen molar-refractivity contribution in [3.8, 4) is 0 Å². The molecule has 0 bridgehead atoms. The molecule has 6 heteroatoms.